The van der Waals surface area contributed by atoms with Crippen LogP contribution in [0.3, 0.4) is 0 Å². The number of halogens is 1. The van der Waals surface area contributed by atoms with Crippen LogP contribution < -0.4 is 15.2 Å². The predicted molar refractivity (Wildman–Crippen MR) is 87.3 cm³/mol. The number of ether oxygens (including phenoxy) is 2. The van der Waals surface area contributed by atoms with Gasteiger partial charge in [-0.1, -0.05) is 43.7 Å². The fourth-order valence-corrected chi connectivity index (χ4v) is 3.51. The van der Waals surface area contributed by atoms with Gasteiger partial charge in [-0.15, -0.1) is 0 Å². The second kappa shape index (κ2) is 7.90. The largest absolute Gasteiger partial charge is 0.493 e. The first-order valence-electron chi connectivity index (χ1n) is 7.84. The molecule has 4 heteroatoms. The van der Waals surface area contributed by atoms with Crippen molar-refractivity contribution < 1.29 is 9.47 Å². The molecule has 1 aliphatic rings. The van der Waals surface area contributed by atoms with Gasteiger partial charge in [-0.3, -0.25) is 0 Å². The fraction of sp³-hybridized carbons (Fsp3) is 0.647. The van der Waals surface area contributed by atoms with Crippen LogP contribution in [0.15, 0.2) is 12.1 Å². The Morgan fingerprint density at radius 1 is 1.00 bits per heavy atom. The molecule has 1 unspecified atom stereocenters. The molecule has 1 fully saturated rings. The summed E-state index contributed by atoms with van der Waals surface area (Å²) >= 11 is 6.41. The third-order valence-electron chi connectivity index (χ3n) is 4.52. The van der Waals surface area contributed by atoms with Crippen LogP contribution in [-0.2, 0) is 0 Å². The molecular weight excluding hydrogens is 286 g/mol. The molecule has 0 heterocycles. The Balaban J connectivity index is 2.22. The van der Waals surface area contributed by atoms with Crippen LogP contribution in [0.4, 0.5) is 0 Å². The van der Waals surface area contributed by atoms with Crippen molar-refractivity contribution in [1.29, 1.82) is 0 Å². The Hall–Kier alpha value is -0.930. The van der Waals surface area contributed by atoms with Gasteiger partial charge in [0.2, 0.25) is 0 Å². The van der Waals surface area contributed by atoms with Crippen molar-refractivity contribution in [1.82, 2.24) is 0 Å². The molecule has 2 N–H and O–H groups in total. The van der Waals surface area contributed by atoms with E-state index in [1.807, 2.05) is 6.07 Å². The van der Waals surface area contributed by atoms with Gasteiger partial charge in [-0.25, -0.2) is 0 Å². The van der Waals surface area contributed by atoms with E-state index in [9.17, 15) is 0 Å². The van der Waals surface area contributed by atoms with Gasteiger partial charge in [0.25, 0.3) is 0 Å². The monoisotopic (exact) mass is 311 g/mol. The molecule has 0 radical (unpaired) electrons. The summed E-state index contributed by atoms with van der Waals surface area (Å²) in [5, 5.41) is 0.669. The molecule has 3 nitrogen and oxygen atoms in total. The highest BCUT2D eigenvalue weighted by atomic mass is 35.5. The smallest absolute Gasteiger partial charge is 0.162 e. The molecule has 2 rings (SSSR count). The quantitative estimate of drug-likeness (QED) is 0.875. The van der Waals surface area contributed by atoms with E-state index in [1.165, 1.54) is 44.9 Å². The number of methoxy groups -OCH3 is 2. The molecule has 0 amide bonds. The highest BCUT2D eigenvalue weighted by Crippen LogP contribution is 2.39. The average molecular weight is 312 g/mol. The van der Waals surface area contributed by atoms with Gasteiger partial charge >= 0.3 is 0 Å². The lowest BCUT2D eigenvalue weighted by Gasteiger charge is -2.27. The van der Waals surface area contributed by atoms with Crippen LogP contribution in [0, 0.1) is 5.92 Å². The second-order valence-corrected chi connectivity index (χ2v) is 6.27. The summed E-state index contributed by atoms with van der Waals surface area (Å²) in [6, 6.07) is 3.71. The topological polar surface area (TPSA) is 44.5 Å². The highest BCUT2D eigenvalue weighted by Gasteiger charge is 2.23. The van der Waals surface area contributed by atoms with E-state index >= 15 is 0 Å². The molecule has 118 valence electrons. The van der Waals surface area contributed by atoms with E-state index in [2.05, 4.69) is 0 Å². The summed E-state index contributed by atoms with van der Waals surface area (Å²) in [6.45, 7) is 0. The molecule has 1 aromatic carbocycles. The van der Waals surface area contributed by atoms with E-state index < -0.39 is 0 Å². The molecule has 0 saturated heterocycles. The van der Waals surface area contributed by atoms with Gasteiger partial charge in [-0.2, -0.15) is 0 Å². The van der Waals surface area contributed by atoms with Crippen LogP contribution in [0.1, 0.15) is 56.6 Å². The molecule has 0 aliphatic heterocycles. The number of hydrogen-bond donors (Lipinski definition) is 1. The van der Waals surface area contributed by atoms with Crippen molar-refractivity contribution in [3.63, 3.8) is 0 Å². The minimum absolute atomic E-state index is 0.0320. The normalized spacial score (nSPS) is 18.7. The number of benzene rings is 1. The molecular formula is C17H26ClNO2. The van der Waals surface area contributed by atoms with Crippen molar-refractivity contribution in [2.45, 2.75) is 51.0 Å². The standard InChI is InChI=1S/C17H26ClNO2/c1-20-15-10-13(14(18)11-16(15)21-2)17(19)12-8-6-4-3-5-7-9-12/h10-12,17H,3-9,19H2,1-2H3. The Morgan fingerprint density at radius 2 is 1.52 bits per heavy atom. The fourth-order valence-electron chi connectivity index (χ4n) is 3.23. The number of rotatable bonds is 4. The van der Waals surface area contributed by atoms with Gasteiger partial charge in [-0.05, 0) is 30.4 Å². The van der Waals surface area contributed by atoms with E-state index in [1.54, 1.807) is 20.3 Å². The summed E-state index contributed by atoms with van der Waals surface area (Å²) in [5.41, 5.74) is 7.50. The summed E-state index contributed by atoms with van der Waals surface area (Å²) in [7, 11) is 3.25. The van der Waals surface area contributed by atoms with Crippen molar-refractivity contribution >= 4 is 11.6 Å². The molecule has 0 aromatic heterocycles. The summed E-state index contributed by atoms with van der Waals surface area (Å²) < 4.78 is 10.7. The van der Waals surface area contributed by atoms with Gasteiger partial charge in [0.15, 0.2) is 11.5 Å². The first-order valence-corrected chi connectivity index (χ1v) is 8.22. The molecule has 1 saturated carbocycles. The maximum atomic E-state index is 6.53. The maximum Gasteiger partial charge on any atom is 0.162 e. The van der Waals surface area contributed by atoms with E-state index in [-0.39, 0.29) is 6.04 Å². The van der Waals surface area contributed by atoms with Crippen LogP contribution in [-0.4, -0.2) is 14.2 Å². The summed E-state index contributed by atoms with van der Waals surface area (Å²) in [6.07, 6.45) is 8.91. The SMILES string of the molecule is COc1cc(Cl)c(C(N)C2CCCCCCC2)cc1OC. The minimum Gasteiger partial charge on any atom is -0.493 e. The third kappa shape index (κ3) is 4.04. The number of hydrogen-bond acceptors (Lipinski definition) is 3. The Bertz CT molecular complexity index is 456. The minimum atomic E-state index is -0.0320. The number of nitrogens with two attached hydrogens (primary N) is 1. The lowest BCUT2D eigenvalue weighted by Crippen LogP contribution is -2.23. The lowest BCUT2D eigenvalue weighted by atomic mass is 9.83. The van der Waals surface area contributed by atoms with Crippen LogP contribution in [0.5, 0.6) is 11.5 Å². The zero-order valence-corrected chi connectivity index (χ0v) is 13.8. The molecule has 21 heavy (non-hydrogen) atoms. The summed E-state index contributed by atoms with van der Waals surface area (Å²) in [5.74, 6) is 1.84. The Kier molecular flexibility index (Phi) is 6.19. The van der Waals surface area contributed by atoms with Crippen molar-refractivity contribution in [3.8, 4) is 11.5 Å². The van der Waals surface area contributed by atoms with E-state index in [0.29, 0.717) is 22.4 Å². The Labute approximate surface area is 132 Å². The Morgan fingerprint density at radius 3 is 2.10 bits per heavy atom. The van der Waals surface area contributed by atoms with Crippen molar-refractivity contribution in [2.75, 3.05) is 14.2 Å². The first kappa shape index (κ1) is 16.4. The molecule has 1 aromatic rings. The third-order valence-corrected chi connectivity index (χ3v) is 4.85. The van der Waals surface area contributed by atoms with E-state index in [0.717, 1.165) is 5.56 Å². The van der Waals surface area contributed by atoms with Crippen LogP contribution >= 0.6 is 11.6 Å². The zero-order valence-electron chi connectivity index (χ0n) is 13.0. The van der Waals surface area contributed by atoms with Gasteiger partial charge in [0.05, 0.1) is 14.2 Å². The molecule has 0 spiro atoms. The van der Waals surface area contributed by atoms with Crippen molar-refractivity contribution in [2.24, 2.45) is 11.7 Å². The van der Waals surface area contributed by atoms with Gasteiger partial charge in [0, 0.05) is 17.1 Å². The summed E-state index contributed by atoms with van der Waals surface area (Å²) in [4.78, 5) is 0. The lowest BCUT2D eigenvalue weighted by molar-refractivity contribution is 0.324. The van der Waals surface area contributed by atoms with Gasteiger partial charge in [0.1, 0.15) is 0 Å². The second-order valence-electron chi connectivity index (χ2n) is 5.86. The van der Waals surface area contributed by atoms with Gasteiger partial charge < -0.3 is 15.2 Å². The highest BCUT2D eigenvalue weighted by molar-refractivity contribution is 6.31. The predicted octanol–water partition coefficient (Wildman–Crippen LogP) is 4.72. The van der Waals surface area contributed by atoms with Crippen molar-refractivity contribution in [3.05, 3.63) is 22.7 Å². The molecule has 1 aliphatic carbocycles. The van der Waals surface area contributed by atoms with E-state index in [4.69, 9.17) is 26.8 Å². The first-order chi connectivity index (χ1) is 10.2. The maximum absolute atomic E-state index is 6.53. The van der Waals surface area contributed by atoms with Crippen LogP contribution in [0.2, 0.25) is 5.02 Å². The van der Waals surface area contributed by atoms with Crippen LogP contribution in [0.25, 0.3) is 0 Å². The molecule has 0 bridgehead atoms. The average Bonchev–Trinajstić information content (AvgIpc) is 2.46. The molecule has 1 atom stereocenters. The zero-order chi connectivity index (χ0) is 15.2.